The van der Waals surface area contributed by atoms with Crippen LogP contribution in [0.1, 0.15) is 35.1 Å². The van der Waals surface area contributed by atoms with Crippen LogP contribution in [0.4, 0.5) is 0 Å². The van der Waals surface area contributed by atoms with Crippen LogP contribution >= 0.6 is 23.4 Å². The van der Waals surface area contributed by atoms with E-state index in [0.717, 1.165) is 0 Å². The second-order valence-corrected chi connectivity index (χ2v) is 7.73. The normalized spacial score (nSPS) is 15.4. The SMILES string of the molecule is COc1cc([C@H]2SC(NC(C)=O)=NN2C(C)=O)ccc1OC(=O)c1ccc(Cl)cc1. The van der Waals surface area contributed by atoms with Crippen LogP contribution in [0.2, 0.25) is 5.02 Å². The van der Waals surface area contributed by atoms with Crippen LogP contribution in [0.3, 0.4) is 0 Å². The molecule has 3 rings (SSSR count). The predicted octanol–water partition coefficient (Wildman–Crippen LogP) is 3.57. The van der Waals surface area contributed by atoms with Gasteiger partial charge in [0.1, 0.15) is 5.37 Å². The van der Waals surface area contributed by atoms with Gasteiger partial charge in [0, 0.05) is 18.9 Å². The monoisotopic (exact) mass is 447 g/mol. The summed E-state index contributed by atoms with van der Waals surface area (Å²) in [6.45, 7) is 2.74. The average molecular weight is 448 g/mol. The van der Waals surface area contributed by atoms with Gasteiger partial charge in [0.2, 0.25) is 11.8 Å². The Morgan fingerprint density at radius 3 is 2.40 bits per heavy atom. The summed E-state index contributed by atoms with van der Waals surface area (Å²) < 4.78 is 10.8. The lowest BCUT2D eigenvalue weighted by Crippen LogP contribution is -2.25. The number of nitrogens with one attached hydrogen (secondary N) is 1. The Hall–Kier alpha value is -3.04. The summed E-state index contributed by atoms with van der Waals surface area (Å²) in [6.07, 6.45) is 0. The number of rotatable bonds is 4. The lowest BCUT2D eigenvalue weighted by Gasteiger charge is -2.20. The molecule has 0 aliphatic carbocycles. The van der Waals surface area contributed by atoms with Gasteiger partial charge in [0.15, 0.2) is 16.7 Å². The van der Waals surface area contributed by atoms with Gasteiger partial charge in [0.25, 0.3) is 0 Å². The van der Waals surface area contributed by atoms with Crippen LogP contribution in [-0.4, -0.2) is 35.1 Å². The van der Waals surface area contributed by atoms with Gasteiger partial charge in [-0.05, 0) is 42.0 Å². The third-order valence-electron chi connectivity index (χ3n) is 4.00. The zero-order chi connectivity index (χ0) is 21.8. The number of carbonyl (C=O) groups excluding carboxylic acids is 3. The quantitative estimate of drug-likeness (QED) is 0.568. The number of hydrazone groups is 1. The molecule has 1 aliphatic rings. The Kier molecular flexibility index (Phi) is 6.63. The molecule has 1 N–H and O–H groups in total. The number of amides is 2. The molecular weight excluding hydrogens is 430 g/mol. The van der Waals surface area contributed by atoms with Crippen molar-refractivity contribution in [1.29, 1.82) is 0 Å². The lowest BCUT2D eigenvalue weighted by atomic mass is 10.2. The smallest absolute Gasteiger partial charge is 0.343 e. The van der Waals surface area contributed by atoms with Crippen molar-refractivity contribution in [1.82, 2.24) is 10.3 Å². The molecule has 1 heterocycles. The number of nitrogens with zero attached hydrogens (tertiary/aromatic N) is 2. The predicted molar refractivity (Wildman–Crippen MR) is 114 cm³/mol. The van der Waals surface area contributed by atoms with Crippen molar-refractivity contribution in [2.75, 3.05) is 7.11 Å². The van der Waals surface area contributed by atoms with Gasteiger partial charge in [0.05, 0.1) is 12.7 Å². The highest BCUT2D eigenvalue weighted by molar-refractivity contribution is 8.14. The van der Waals surface area contributed by atoms with Crippen molar-refractivity contribution in [3.63, 3.8) is 0 Å². The minimum absolute atomic E-state index is 0.224. The number of methoxy groups -OCH3 is 1. The van der Waals surface area contributed by atoms with Gasteiger partial charge < -0.3 is 14.8 Å². The van der Waals surface area contributed by atoms with Crippen LogP contribution in [0.5, 0.6) is 11.5 Å². The summed E-state index contributed by atoms with van der Waals surface area (Å²) in [4.78, 5) is 35.7. The highest BCUT2D eigenvalue weighted by atomic mass is 35.5. The highest BCUT2D eigenvalue weighted by Gasteiger charge is 2.33. The maximum absolute atomic E-state index is 12.4. The Morgan fingerprint density at radius 1 is 1.10 bits per heavy atom. The number of halogens is 1. The summed E-state index contributed by atoms with van der Waals surface area (Å²) in [7, 11) is 1.45. The van der Waals surface area contributed by atoms with Crippen molar-refractivity contribution >= 4 is 46.3 Å². The van der Waals surface area contributed by atoms with E-state index in [1.807, 2.05) is 0 Å². The first-order chi connectivity index (χ1) is 14.3. The third kappa shape index (κ3) is 4.92. The molecule has 0 fully saturated rings. The zero-order valence-corrected chi connectivity index (χ0v) is 17.9. The summed E-state index contributed by atoms with van der Waals surface area (Å²) in [5.41, 5.74) is 1.02. The summed E-state index contributed by atoms with van der Waals surface area (Å²) in [6, 6.07) is 11.3. The average Bonchev–Trinajstić information content (AvgIpc) is 3.12. The van der Waals surface area contributed by atoms with E-state index >= 15 is 0 Å². The number of thioether (sulfide) groups is 1. The first kappa shape index (κ1) is 21.7. The number of benzene rings is 2. The molecule has 2 aromatic carbocycles. The molecule has 1 aliphatic heterocycles. The zero-order valence-electron chi connectivity index (χ0n) is 16.3. The molecule has 2 aromatic rings. The Morgan fingerprint density at radius 2 is 1.80 bits per heavy atom. The maximum atomic E-state index is 12.4. The standard InChI is InChI=1S/C20H18ClN3O5S/c1-11(25)22-20-23-24(12(2)26)18(30-20)14-6-9-16(17(10-14)28-3)29-19(27)13-4-7-15(21)8-5-13/h4-10,18H,1-3H3,(H,22,23,25)/t18-/m1/s1. The van der Waals surface area contributed by atoms with E-state index in [4.69, 9.17) is 21.1 Å². The van der Waals surface area contributed by atoms with E-state index in [0.29, 0.717) is 27.1 Å². The third-order valence-corrected chi connectivity index (χ3v) is 5.36. The molecule has 156 valence electrons. The molecule has 10 heteroatoms. The first-order valence-electron chi connectivity index (χ1n) is 8.77. The molecule has 0 saturated heterocycles. The van der Waals surface area contributed by atoms with Gasteiger partial charge in [-0.25, -0.2) is 9.80 Å². The van der Waals surface area contributed by atoms with Crippen LogP contribution < -0.4 is 14.8 Å². The van der Waals surface area contributed by atoms with E-state index in [1.165, 1.54) is 37.7 Å². The van der Waals surface area contributed by atoms with Crippen molar-refractivity contribution in [2.24, 2.45) is 5.10 Å². The maximum Gasteiger partial charge on any atom is 0.343 e. The molecular formula is C20H18ClN3O5S. The minimum atomic E-state index is -0.561. The second-order valence-electron chi connectivity index (χ2n) is 6.23. The second kappa shape index (κ2) is 9.19. The van der Waals surface area contributed by atoms with Gasteiger partial charge in [-0.15, -0.1) is 5.10 Å². The largest absolute Gasteiger partial charge is 0.493 e. The Balaban J connectivity index is 1.83. The van der Waals surface area contributed by atoms with Gasteiger partial charge in [-0.3, -0.25) is 9.59 Å². The van der Waals surface area contributed by atoms with Crippen molar-refractivity contribution in [3.05, 3.63) is 58.6 Å². The highest BCUT2D eigenvalue weighted by Crippen LogP contribution is 2.41. The molecule has 2 amide bonds. The van der Waals surface area contributed by atoms with Crippen LogP contribution in [0.25, 0.3) is 0 Å². The van der Waals surface area contributed by atoms with Crippen molar-refractivity contribution in [2.45, 2.75) is 19.2 Å². The molecule has 0 bridgehead atoms. The van der Waals surface area contributed by atoms with Crippen LogP contribution in [0.15, 0.2) is 47.6 Å². The van der Waals surface area contributed by atoms with Crippen LogP contribution in [-0.2, 0) is 9.59 Å². The lowest BCUT2D eigenvalue weighted by molar-refractivity contribution is -0.129. The molecule has 0 saturated carbocycles. The van der Waals surface area contributed by atoms with Gasteiger partial charge >= 0.3 is 5.97 Å². The van der Waals surface area contributed by atoms with E-state index in [1.54, 1.807) is 42.5 Å². The molecule has 0 aromatic heterocycles. The molecule has 0 spiro atoms. The van der Waals surface area contributed by atoms with E-state index in [9.17, 15) is 14.4 Å². The first-order valence-corrected chi connectivity index (χ1v) is 10.0. The molecule has 8 nitrogen and oxygen atoms in total. The number of amidine groups is 1. The van der Waals surface area contributed by atoms with Gasteiger partial charge in [-0.1, -0.05) is 29.4 Å². The number of hydrogen-bond acceptors (Lipinski definition) is 7. The molecule has 0 unspecified atom stereocenters. The van der Waals surface area contributed by atoms with Crippen molar-refractivity contribution < 1.29 is 23.9 Å². The number of carbonyl (C=O) groups is 3. The molecule has 0 radical (unpaired) electrons. The fraction of sp³-hybridized carbons (Fsp3) is 0.200. The minimum Gasteiger partial charge on any atom is -0.493 e. The molecule has 1 atom stereocenters. The topological polar surface area (TPSA) is 97.3 Å². The Bertz CT molecular complexity index is 1030. The van der Waals surface area contributed by atoms with E-state index in [2.05, 4.69) is 10.4 Å². The van der Waals surface area contributed by atoms with Gasteiger partial charge in [-0.2, -0.15) is 0 Å². The summed E-state index contributed by atoms with van der Waals surface area (Å²) >= 11 is 7.05. The summed E-state index contributed by atoms with van der Waals surface area (Å²) in [5, 5.41) is 8.34. The van der Waals surface area contributed by atoms with Crippen LogP contribution in [0, 0.1) is 0 Å². The Labute approximate surface area is 182 Å². The molecule has 30 heavy (non-hydrogen) atoms. The van der Waals surface area contributed by atoms with E-state index in [-0.39, 0.29) is 17.6 Å². The fourth-order valence-corrected chi connectivity index (χ4v) is 3.90. The number of hydrogen-bond donors (Lipinski definition) is 1. The fourth-order valence-electron chi connectivity index (χ4n) is 2.65. The number of ether oxygens (including phenoxy) is 2. The number of esters is 1. The van der Waals surface area contributed by atoms with Crippen molar-refractivity contribution in [3.8, 4) is 11.5 Å². The van der Waals surface area contributed by atoms with E-state index < -0.39 is 11.3 Å². The summed E-state index contributed by atoms with van der Waals surface area (Å²) in [5.74, 6) is -0.597.